The molecule has 3 nitrogen and oxygen atoms in total. The highest BCUT2D eigenvalue weighted by Crippen LogP contribution is 2.67. The van der Waals surface area contributed by atoms with Crippen LogP contribution in [0, 0.1) is 40.4 Å². The van der Waals surface area contributed by atoms with Gasteiger partial charge in [-0.05, 0) is 104 Å². The Morgan fingerprint density at radius 3 is 1.86 bits per heavy atom. The van der Waals surface area contributed by atoms with E-state index in [-0.39, 0.29) is 21.0 Å². The zero-order valence-electron chi connectivity index (χ0n) is 23.0. The molecule has 0 aromatic heterocycles. The second-order valence-electron chi connectivity index (χ2n) is 11.7. The van der Waals surface area contributed by atoms with Gasteiger partial charge in [-0.2, -0.15) is 12.6 Å². The Bertz CT molecular complexity index is 529. The summed E-state index contributed by atoms with van der Waals surface area (Å²) in [6.07, 6.45) is 14.4. The fourth-order valence-electron chi connectivity index (χ4n) is 8.73. The summed E-state index contributed by atoms with van der Waals surface area (Å²) in [4.78, 5) is 0. The third kappa shape index (κ3) is 8.11. The predicted octanol–water partition coefficient (Wildman–Crippen LogP) is 7.83. The summed E-state index contributed by atoms with van der Waals surface area (Å²) in [5.74, 6) is 5.42. The largest absolute Gasteiger partial charge is 0.393 e. The standard InChI is InChI=1S/C21H36O.C4H10N2.C2H6S.C2H6.2CH4/c1-14(22)17-9-10-18-16-8-7-15-6-4-5-12-20(15,2)19(16)11-13-21(17,18)3;1-2-6-4-3-5-1;1-2-3;1-2;;/h14-19,22H,4-13H2,1-3H3;5-6H,1-4H2;3H,2H2,1H3;1-2H3;2*1H4/t14?,15?,16?,17?,18?,19?,20-,21+;;;;;/m0...../s1. The molecule has 35 heavy (non-hydrogen) atoms. The number of nitrogens with one attached hydrogen (secondary N) is 2. The molecule has 1 heterocycles. The Kier molecular flexibility index (Phi) is 17.1. The molecule has 1 saturated heterocycles. The smallest absolute Gasteiger partial charge is 0.0545 e. The summed E-state index contributed by atoms with van der Waals surface area (Å²) in [5, 5.41) is 16.7. The Morgan fingerprint density at radius 1 is 0.800 bits per heavy atom. The van der Waals surface area contributed by atoms with Crippen molar-refractivity contribution in [3.8, 4) is 0 Å². The number of fused-ring (bicyclic) bond motifs is 5. The first-order valence-corrected chi connectivity index (χ1v) is 15.2. The molecule has 0 amide bonds. The first-order valence-electron chi connectivity index (χ1n) is 14.6. The van der Waals surface area contributed by atoms with Gasteiger partial charge in [0.05, 0.1) is 6.10 Å². The van der Waals surface area contributed by atoms with E-state index >= 15 is 0 Å². The number of hydrogen-bond donors (Lipinski definition) is 4. The maximum atomic E-state index is 10.3. The van der Waals surface area contributed by atoms with Gasteiger partial charge in [-0.1, -0.05) is 62.3 Å². The Labute approximate surface area is 227 Å². The minimum atomic E-state index is -0.104. The normalized spacial score (nSPS) is 39.9. The van der Waals surface area contributed by atoms with Crippen molar-refractivity contribution in [2.75, 3.05) is 31.9 Å². The zero-order chi connectivity index (χ0) is 24.5. The molecule has 0 radical (unpaired) electrons. The average Bonchev–Trinajstić information content (AvgIpc) is 3.20. The van der Waals surface area contributed by atoms with Gasteiger partial charge >= 0.3 is 0 Å². The van der Waals surface area contributed by atoms with Gasteiger partial charge in [-0.3, -0.25) is 0 Å². The molecule has 6 unspecified atom stereocenters. The highest BCUT2D eigenvalue weighted by atomic mass is 32.1. The Morgan fingerprint density at radius 2 is 1.34 bits per heavy atom. The SMILES string of the molecule is C.C.C1CNCCN1.CC.CC(O)C1CCC2C3CCC4CCCC[C@]4(C)C3CC[C@]12C.CCS. The second kappa shape index (κ2) is 16.9. The summed E-state index contributed by atoms with van der Waals surface area (Å²) in [7, 11) is 0. The summed E-state index contributed by atoms with van der Waals surface area (Å²) >= 11 is 3.79. The van der Waals surface area contributed by atoms with Crippen LogP contribution in [-0.2, 0) is 0 Å². The molecule has 4 saturated carbocycles. The number of rotatable bonds is 1. The van der Waals surface area contributed by atoms with E-state index in [1.54, 1.807) is 0 Å². The lowest BCUT2D eigenvalue weighted by molar-refractivity contribution is -0.118. The van der Waals surface area contributed by atoms with Gasteiger partial charge in [0.25, 0.3) is 0 Å². The number of aliphatic hydroxyl groups excluding tert-OH is 1. The lowest BCUT2D eigenvalue weighted by Gasteiger charge is -2.60. The number of hydrogen-bond acceptors (Lipinski definition) is 4. The van der Waals surface area contributed by atoms with Crippen LogP contribution in [0.2, 0.25) is 0 Å². The van der Waals surface area contributed by atoms with E-state index in [1.807, 2.05) is 27.7 Å². The Balaban J connectivity index is 0.000000756. The lowest BCUT2D eigenvalue weighted by atomic mass is 9.45. The zero-order valence-corrected chi connectivity index (χ0v) is 23.9. The van der Waals surface area contributed by atoms with Gasteiger partial charge in [0.2, 0.25) is 0 Å². The van der Waals surface area contributed by atoms with Crippen LogP contribution < -0.4 is 10.6 Å². The molecule has 0 aromatic carbocycles. The third-order valence-corrected chi connectivity index (χ3v) is 10.2. The number of thiol groups is 1. The predicted molar refractivity (Wildman–Crippen MR) is 162 cm³/mol. The van der Waals surface area contributed by atoms with Gasteiger partial charge in [0, 0.05) is 26.2 Å². The molecule has 0 bridgehead atoms. The molecule has 0 aromatic rings. The van der Waals surface area contributed by atoms with Crippen LogP contribution in [0.5, 0.6) is 0 Å². The summed E-state index contributed by atoms with van der Waals surface area (Å²) in [6, 6.07) is 0. The summed E-state index contributed by atoms with van der Waals surface area (Å²) in [5.41, 5.74) is 1.10. The first-order chi connectivity index (χ1) is 15.9. The van der Waals surface area contributed by atoms with E-state index in [1.165, 1.54) is 64.2 Å². The minimum Gasteiger partial charge on any atom is -0.393 e. The van der Waals surface area contributed by atoms with Gasteiger partial charge in [-0.25, -0.2) is 0 Å². The molecule has 212 valence electrons. The van der Waals surface area contributed by atoms with Crippen molar-refractivity contribution in [2.24, 2.45) is 40.4 Å². The third-order valence-electron chi connectivity index (χ3n) is 10.2. The van der Waals surface area contributed by atoms with Crippen molar-refractivity contribution < 1.29 is 5.11 Å². The maximum absolute atomic E-state index is 10.3. The average molecular weight is 515 g/mol. The van der Waals surface area contributed by atoms with Crippen molar-refractivity contribution in [3.05, 3.63) is 0 Å². The molecule has 5 aliphatic rings. The van der Waals surface area contributed by atoms with E-state index in [9.17, 15) is 5.11 Å². The van der Waals surface area contributed by atoms with Gasteiger partial charge in [-0.15, -0.1) is 0 Å². The molecular weight excluding hydrogens is 448 g/mol. The van der Waals surface area contributed by atoms with Gasteiger partial charge < -0.3 is 15.7 Å². The van der Waals surface area contributed by atoms with E-state index in [2.05, 4.69) is 37.1 Å². The van der Waals surface area contributed by atoms with Crippen LogP contribution in [0.15, 0.2) is 0 Å². The van der Waals surface area contributed by atoms with Crippen LogP contribution in [0.1, 0.15) is 121 Å². The lowest BCUT2D eigenvalue weighted by Crippen LogP contribution is -2.53. The number of piperazine rings is 1. The maximum Gasteiger partial charge on any atom is 0.0545 e. The van der Waals surface area contributed by atoms with Crippen LogP contribution in [0.25, 0.3) is 0 Å². The Hall–Kier alpha value is 0.230. The van der Waals surface area contributed by atoms with Crippen LogP contribution in [0.3, 0.4) is 0 Å². The van der Waals surface area contributed by atoms with E-state index in [4.69, 9.17) is 0 Å². The van der Waals surface area contributed by atoms with E-state index in [0.717, 1.165) is 55.6 Å². The molecule has 3 N–H and O–H groups in total. The quantitative estimate of drug-likeness (QED) is 0.270. The van der Waals surface area contributed by atoms with Crippen molar-refractivity contribution in [3.63, 3.8) is 0 Å². The molecule has 4 aliphatic carbocycles. The monoisotopic (exact) mass is 514 g/mol. The molecule has 1 aliphatic heterocycles. The van der Waals surface area contributed by atoms with E-state index in [0.29, 0.717) is 16.7 Å². The van der Waals surface area contributed by atoms with Crippen LogP contribution in [-0.4, -0.2) is 43.1 Å². The highest BCUT2D eigenvalue weighted by Gasteiger charge is 2.60. The fourth-order valence-corrected chi connectivity index (χ4v) is 8.73. The molecule has 5 fully saturated rings. The minimum absolute atomic E-state index is 0. The topological polar surface area (TPSA) is 44.3 Å². The number of aliphatic hydroxyl groups is 1. The summed E-state index contributed by atoms with van der Waals surface area (Å²) < 4.78 is 0. The van der Waals surface area contributed by atoms with Crippen molar-refractivity contribution in [1.29, 1.82) is 0 Å². The molecule has 0 spiro atoms. The van der Waals surface area contributed by atoms with Gasteiger partial charge in [0.15, 0.2) is 0 Å². The molecule has 5 rings (SSSR count). The van der Waals surface area contributed by atoms with Crippen molar-refractivity contribution >= 4 is 12.6 Å². The van der Waals surface area contributed by atoms with E-state index < -0.39 is 0 Å². The van der Waals surface area contributed by atoms with Crippen LogP contribution >= 0.6 is 12.6 Å². The molecule has 8 atom stereocenters. The highest BCUT2D eigenvalue weighted by molar-refractivity contribution is 7.80. The van der Waals surface area contributed by atoms with Gasteiger partial charge in [0.1, 0.15) is 0 Å². The van der Waals surface area contributed by atoms with Crippen LogP contribution in [0.4, 0.5) is 0 Å². The summed E-state index contributed by atoms with van der Waals surface area (Å²) in [6.45, 7) is 17.8. The van der Waals surface area contributed by atoms with Crippen molar-refractivity contribution in [2.45, 2.75) is 127 Å². The first kappa shape index (κ1) is 35.2. The molecule has 4 heteroatoms. The van der Waals surface area contributed by atoms with Crippen molar-refractivity contribution in [1.82, 2.24) is 10.6 Å². The molecular formula is C31H66N2OS. The fraction of sp³-hybridized carbons (Fsp3) is 1.00. The second-order valence-corrected chi connectivity index (χ2v) is 12.3.